The Morgan fingerprint density at radius 2 is 1.94 bits per heavy atom. The molecule has 0 saturated heterocycles. The molecule has 0 saturated carbocycles. The second kappa shape index (κ2) is 5.52. The lowest BCUT2D eigenvalue weighted by Crippen LogP contribution is -2.43. The van der Waals surface area contributed by atoms with Crippen molar-refractivity contribution in [1.29, 1.82) is 0 Å². The summed E-state index contributed by atoms with van der Waals surface area (Å²) < 4.78 is 11.0. The van der Waals surface area contributed by atoms with Crippen LogP contribution in [0.2, 0.25) is 0 Å². The zero-order valence-corrected chi connectivity index (χ0v) is 11.3. The lowest BCUT2D eigenvalue weighted by atomic mass is 10.1. The molecule has 1 unspecified atom stereocenters. The van der Waals surface area contributed by atoms with E-state index in [4.69, 9.17) is 9.47 Å². The van der Waals surface area contributed by atoms with Gasteiger partial charge in [0.1, 0.15) is 5.75 Å². The van der Waals surface area contributed by atoms with E-state index in [2.05, 4.69) is 0 Å². The van der Waals surface area contributed by atoms with Crippen LogP contribution < -0.4 is 4.74 Å². The van der Waals surface area contributed by atoms with Crippen LogP contribution in [-0.2, 0) is 4.74 Å². The maximum absolute atomic E-state index is 9.85. The summed E-state index contributed by atoms with van der Waals surface area (Å²) in [6.07, 6.45) is -0.938. The van der Waals surface area contributed by atoms with Crippen molar-refractivity contribution >= 4 is 0 Å². The molecule has 0 bridgehead atoms. The van der Waals surface area contributed by atoms with Crippen LogP contribution in [0.5, 0.6) is 5.75 Å². The van der Waals surface area contributed by atoms with Crippen molar-refractivity contribution < 1.29 is 14.6 Å². The minimum Gasteiger partial charge on any atom is -0.482 e. The molecule has 0 aromatic heterocycles. The molecule has 96 valence electrons. The maximum atomic E-state index is 9.85. The molecule has 3 heteroatoms. The predicted molar refractivity (Wildman–Crippen MR) is 68.3 cm³/mol. The first kappa shape index (κ1) is 14.0. The summed E-state index contributed by atoms with van der Waals surface area (Å²) in [6.45, 7) is 9.93. The third kappa shape index (κ3) is 3.72. The number of aliphatic hydroxyl groups is 1. The molecule has 0 fully saturated rings. The number of hydrogen-bond acceptors (Lipinski definition) is 3. The van der Waals surface area contributed by atoms with Crippen LogP contribution in [0.4, 0.5) is 0 Å². The van der Waals surface area contributed by atoms with Gasteiger partial charge in [-0.25, -0.2) is 0 Å². The molecule has 0 spiro atoms. The fraction of sp³-hybridized carbons (Fsp3) is 0.571. The summed E-state index contributed by atoms with van der Waals surface area (Å²) in [7, 11) is 0. The molecule has 17 heavy (non-hydrogen) atoms. The van der Waals surface area contributed by atoms with E-state index in [0.29, 0.717) is 6.61 Å². The number of ether oxygens (including phenoxy) is 2. The number of aliphatic hydroxyl groups excluding tert-OH is 1. The first-order valence-electron chi connectivity index (χ1n) is 5.92. The SMILES string of the molecule is CCOC(O)C(C)(C)Oc1cc(C)ccc1C. The second-order valence-corrected chi connectivity index (χ2v) is 4.78. The van der Waals surface area contributed by atoms with Crippen LogP contribution >= 0.6 is 0 Å². The van der Waals surface area contributed by atoms with E-state index in [-0.39, 0.29) is 0 Å². The predicted octanol–water partition coefficient (Wildman–Crippen LogP) is 2.82. The molecule has 1 N–H and O–H groups in total. The first-order chi connectivity index (χ1) is 7.86. The highest BCUT2D eigenvalue weighted by Crippen LogP contribution is 2.26. The van der Waals surface area contributed by atoms with E-state index in [0.717, 1.165) is 16.9 Å². The van der Waals surface area contributed by atoms with E-state index in [9.17, 15) is 5.11 Å². The van der Waals surface area contributed by atoms with Gasteiger partial charge in [0, 0.05) is 6.61 Å². The highest BCUT2D eigenvalue weighted by molar-refractivity contribution is 5.36. The topological polar surface area (TPSA) is 38.7 Å². The number of rotatable bonds is 5. The largest absolute Gasteiger partial charge is 0.482 e. The molecule has 0 radical (unpaired) electrons. The highest BCUT2D eigenvalue weighted by atomic mass is 16.6. The Bertz CT molecular complexity index is 372. The zero-order valence-electron chi connectivity index (χ0n) is 11.3. The van der Waals surface area contributed by atoms with Crippen LogP contribution in [0.3, 0.4) is 0 Å². The number of aryl methyl sites for hydroxylation is 2. The Morgan fingerprint density at radius 3 is 2.53 bits per heavy atom. The molecule has 0 aliphatic carbocycles. The van der Waals surface area contributed by atoms with Crippen molar-refractivity contribution in [2.45, 2.75) is 46.5 Å². The normalized spacial score (nSPS) is 13.5. The third-order valence-electron chi connectivity index (χ3n) is 2.64. The number of hydrogen-bond donors (Lipinski definition) is 1. The molecule has 1 aromatic rings. The van der Waals surface area contributed by atoms with Gasteiger partial charge >= 0.3 is 0 Å². The van der Waals surface area contributed by atoms with Crippen LogP contribution in [0.15, 0.2) is 18.2 Å². The van der Waals surface area contributed by atoms with Crippen molar-refractivity contribution in [3.05, 3.63) is 29.3 Å². The summed E-state index contributed by atoms with van der Waals surface area (Å²) in [5.74, 6) is 0.786. The summed E-state index contributed by atoms with van der Waals surface area (Å²) in [5, 5.41) is 9.85. The lowest BCUT2D eigenvalue weighted by Gasteiger charge is -2.31. The molecule has 1 atom stereocenters. The van der Waals surface area contributed by atoms with Crippen molar-refractivity contribution in [2.24, 2.45) is 0 Å². The molecular weight excluding hydrogens is 216 g/mol. The molecule has 0 aliphatic rings. The number of benzene rings is 1. The average molecular weight is 238 g/mol. The minimum absolute atomic E-state index is 0.459. The molecule has 0 heterocycles. The van der Waals surface area contributed by atoms with Gasteiger partial charge in [0.05, 0.1) is 0 Å². The summed E-state index contributed by atoms with van der Waals surface area (Å²) in [6, 6.07) is 6.01. The van der Waals surface area contributed by atoms with Crippen LogP contribution in [0.25, 0.3) is 0 Å². The third-order valence-corrected chi connectivity index (χ3v) is 2.64. The maximum Gasteiger partial charge on any atom is 0.194 e. The monoisotopic (exact) mass is 238 g/mol. The molecule has 3 nitrogen and oxygen atoms in total. The fourth-order valence-electron chi connectivity index (χ4n) is 1.51. The van der Waals surface area contributed by atoms with Crippen molar-refractivity contribution in [2.75, 3.05) is 6.61 Å². The van der Waals surface area contributed by atoms with Crippen molar-refractivity contribution in [3.8, 4) is 5.75 Å². The first-order valence-corrected chi connectivity index (χ1v) is 5.92. The van der Waals surface area contributed by atoms with Crippen LogP contribution in [0, 0.1) is 13.8 Å². The van der Waals surface area contributed by atoms with Crippen LogP contribution in [0.1, 0.15) is 31.9 Å². The molecule has 0 amide bonds. The van der Waals surface area contributed by atoms with Gasteiger partial charge in [-0.1, -0.05) is 12.1 Å². The standard InChI is InChI=1S/C14H22O3/c1-6-16-13(15)14(4,5)17-12-9-10(2)7-8-11(12)3/h7-9,13,15H,6H2,1-5H3. The lowest BCUT2D eigenvalue weighted by molar-refractivity contribution is -0.186. The van der Waals surface area contributed by atoms with Gasteiger partial charge in [-0.15, -0.1) is 0 Å². The summed E-state index contributed by atoms with van der Waals surface area (Å²) in [4.78, 5) is 0. The van der Waals surface area contributed by atoms with Gasteiger partial charge < -0.3 is 14.6 Å². The van der Waals surface area contributed by atoms with Gasteiger partial charge in [0.25, 0.3) is 0 Å². The summed E-state index contributed by atoms with van der Waals surface area (Å²) >= 11 is 0. The van der Waals surface area contributed by atoms with E-state index in [1.54, 1.807) is 0 Å². The van der Waals surface area contributed by atoms with E-state index in [1.807, 2.05) is 52.8 Å². The fourth-order valence-corrected chi connectivity index (χ4v) is 1.51. The zero-order chi connectivity index (χ0) is 13.1. The molecular formula is C14H22O3. The Morgan fingerprint density at radius 1 is 1.29 bits per heavy atom. The minimum atomic E-state index is -0.938. The van der Waals surface area contributed by atoms with E-state index >= 15 is 0 Å². The molecule has 1 aromatic carbocycles. The van der Waals surface area contributed by atoms with E-state index < -0.39 is 11.9 Å². The van der Waals surface area contributed by atoms with Crippen molar-refractivity contribution in [3.63, 3.8) is 0 Å². The average Bonchev–Trinajstić information content (AvgIpc) is 2.23. The van der Waals surface area contributed by atoms with Gasteiger partial charge in [-0.05, 0) is 51.8 Å². The smallest absolute Gasteiger partial charge is 0.194 e. The van der Waals surface area contributed by atoms with Crippen molar-refractivity contribution in [1.82, 2.24) is 0 Å². The quantitative estimate of drug-likeness (QED) is 0.802. The van der Waals surface area contributed by atoms with Gasteiger partial charge in [-0.3, -0.25) is 0 Å². The van der Waals surface area contributed by atoms with Gasteiger partial charge in [0.15, 0.2) is 11.9 Å². The Kier molecular flexibility index (Phi) is 4.54. The second-order valence-electron chi connectivity index (χ2n) is 4.78. The van der Waals surface area contributed by atoms with E-state index in [1.165, 1.54) is 0 Å². The Hall–Kier alpha value is -1.06. The van der Waals surface area contributed by atoms with Crippen LogP contribution in [-0.4, -0.2) is 23.6 Å². The Balaban J connectivity index is 2.85. The highest BCUT2D eigenvalue weighted by Gasteiger charge is 2.31. The molecule has 0 aliphatic heterocycles. The summed E-state index contributed by atoms with van der Waals surface area (Å²) in [5.41, 5.74) is 1.41. The molecule has 1 rings (SSSR count). The van der Waals surface area contributed by atoms with Gasteiger partial charge in [-0.2, -0.15) is 0 Å². The Labute approximate surface area is 103 Å². The van der Waals surface area contributed by atoms with Gasteiger partial charge in [0.2, 0.25) is 0 Å².